The molecule has 0 radical (unpaired) electrons. The van der Waals surface area contributed by atoms with Crippen molar-refractivity contribution in [1.29, 1.82) is 0 Å². The Hall–Kier alpha value is -2.11. The third kappa shape index (κ3) is 10.6. The first kappa shape index (κ1) is 32.1. The maximum atomic E-state index is 13.7. The summed E-state index contributed by atoms with van der Waals surface area (Å²) < 4.78 is 24.3. The summed E-state index contributed by atoms with van der Waals surface area (Å²) >= 11 is 0. The Morgan fingerprint density at radius 2 is 1.87 bits per heavy atom. The van der Waals surface area contributed by atoms with Crippen LogP contribution < -0.4 is 0 Å². The molecule has 0 aliphatic carbocycles. The fourth-order valence-corrected chi connectivity index (χ4v) is 4.80. The van der Waals surface area contributed by atoms with Gasteiger partial charge in [0, 0.05) is 52.9 Å². The second-order valence-corrected chi connectivity index (χ2v) is 10.7. The summed E-state index contributed by atoms with van der Waals surface area (Å²) in [6.45, 7) is 7.51. The number of carbonyl (C=O) groups excluding carboxylic acids is 2. The van der Waals surface area contributed by atoms with Crippen LogP contribution in [-0.4, -0.2) is 115 Å². The van der Waals surface area contributed by atoms with E-state index in [9.17, 15) is 24.2 Å². The van der Waals surface area contributed by atoms with E-state index in [-0.39, 0.29) is 49.3 Å². The van der Waals surface area contributed by atoms with E-state index in [1.165, 1.54) is 26.2 Å². The number of likely N-dealkylation sites (N-methyl/N-ethyl adjacent to an activating group) is 1. The van der Waals surface area contributed by atoms with Gasteiger partial charge in [0.2, 0.25) is 11.8 Å². The molecule has 1 saturated heterocycles. The molecule has 10 heteroatoms. The predicted molar refractivity (Wildman–Crippen MR) is 143 cm³/mol. The Balaban J connectivity index is 2.27. The van der Waals surface area contributed by atoms with E-state index in [4.69, 9.17) is 9.47 Å². The Labute approximate surface area is 226 Å². The second-order valence-electron chi connectivity index (χ2n) is 10.7. The fraction of sp³-hybridized carbons (Fsp3) is 0.714. The fourth-order valence-electron chi connectivity index (χ4n) is 4.80. The standard InChI is InChI=1S/C28H46FN3O6/c1-20(2)14-24-16-31(21(3)33)17-26(37-5)28(36)25(34)19-38-13-7-6-12-32(24)27(35)18-30(4)15-22-8-10-23(29)11-9-22/h8-11,20,24-26,28,34,36H,6-7,12-19H2,1-5H3/t24-,25-,26-,28-/m1/s1. The highest BCUT2D eigenvalue weighted by Gasteiger charge is 2.33. The van der Waals surface area contributed by atoms with E-state index in [1.807, 2.05) is 16.8 Å². The van der Waals surface area contributed by atoms with Crippen LogP contribution in [0.15, 0.2) is 24.3 Å². The Bertz CT molecular complexity index is 855. The third-order valence-electron chi connectivity index (χ3n) is 6.86. The largest absolute Gasteiger partial charge is 0.388 e. The van der Waals surface area contributed by atoms with E-state index in [2.05, 4.69) is 13.8 Å². The molecule has 38 heavy (non-hydrogen) atoms. The number of carbonyl (C=O) groups is 2. The minimum atomic E-state index is -1.23. The molecule has 0 bridgehead atoms. The number of methoxy groups -OCH3 is 1. The topological polar surface area (TPSA) is 103 Å². The highest BCUT2D eigenvalue weighted by Crippen LogP contribution is 2.18. The van der Waals surface area contributed by atoms with Crippen LogP contribution in [0.3, 0.4) is 0 Å². The van der Waals surface area contributed by atoms with Crippen LogP contribution in [0.1, 0.15) is 45.6 Å². The molecule has 2 rings (SSSR count). The molecule has 1 aliphatic heterocycles. The number of hydrogen-bond acceptors (Lipinski definition) is 7. The van der Waals surface area contributed by atoms with Crippen molar-refractivity contribution < 1.29 is 33.7 Å². The highest BCUT2D eigenvalue weighted by atomic mass is 19.1. The van der Waals surface area contributed by atoms with Gasteiger partial charge in [0.05, 0.1) is 13.2 Å². The highest BCUT2D eigenvalue weighted by molar-refractivity contribution is 5.79. The van der Waals surface area contributed by atoms with Crippen LogP contribution in [0.5, 0.6) is 0 Å². The molecule has 1 fully saturated rings. The smallest absolute Gasteiger partial charge is 0.237 e. The summed E-state index contributed by atoms with van der Waals surface area (Å²) in [6, 6.07) is 6.00. The molecule has 1 aliphatic rings. The monoisotopic (exact) mass is 539 g/mol. The minimum Gasteiger partial charge on any atom is -0.388 e. The molecular formula is C28H46FN3O6. The van der Waals surface area contributed by atoms with Crippen molar-refractivity contribution in [3.63, 3.8) is 0 Å². The van der Waals surface area contributed by atoms with Gasteiger partial charge in [-0.2, -0.15) is 0 Å². The van der Waals surface area contributed by atoms with Gasteiger partial charge in [-0.25, -0.2) is 4.39 Å². The molecule has 2 N–H and O–H groups in total. The summed E-state index contributed by atoms with van der Waals surface area (Å²) in [6.07, 6.45) is -1.12. The van der Waals surface area contributed by atoms with Gasteiger partial charge in [-0.15, -0.1) is 0 Å². The lowest BCUT2D eigenvalue weighted by molar-refractivity contribution is -0.142. The molecule has 1 heterocycles. The van der Waals surface area contributed by atoms with Crippen molar-refractivity contribution in [2.45, 2.75) is 70.9 Å². The van der Waals surface area contributed by atoms with Crippen LogP contribution >= 0.6 is 0 Å². The normalized spacial score (nSPS) is 24.5. The lowest BCUT2D eigenvalue weighted by Crippen LogP contribution is -2.54. The van der Waals surface area contributed by atoms with Crippen LogP contribution in [0.2, 0.25) is 0 Å². The molecule has 1 aromatic carbocycles. The van der Waals surface area contributed by atoms with Crippen molar-refractivity contribution in [3.05, 3.63) is 35.6 Å². The maximum Gasteiger partial charge on any atom is 0.237 e. The van der Waals surface area contributed by atoms with Crippen LogP contribution in [0.4, 0.5) is 4.39 Å². The number of halogens is 1. The Morgan fingerprint density at radius 3 is 2.47 bits per heavy atom. The van der Waals surface area contributed by atoms with Gasteiger partial charge in [-0.3, -0.25) is 14.5 Å². The van der Waals surface area contributed by atoms with E-state index < -0.39 is 18.3 Å². The van der Waals surface area contributed by atoms with Crippen molar-refractivity contribution >= 4 is 11.8 Å². The van der Waals surface area contributed by atoms with Crippen LogP contribution in [0, 0.1) is 11.7 Å². The first-order valence-electron chi connectivity index (χ1n) is 13.5. The van der Waals surface area contributed by atoms with E-state index in [0.717, 1.165) is 5.56 Å². The molecule has 2 amide bonds. The van der Waals surface area contributed by atoms with Crippen molar-refractivity contribution in [3.8, 4) is 0 Å². The summed E-state index contributed by atoms with van der Waals surface area (Å²) in [7, 11) is 3.29. The SMILES string of the molecule is CO[C@@H]1CN(C(C)=O)C[C@@H](CC(C)C)N(C(=O)CN(C)Cc2ccc(F)cc2)CCCCOC[C@@H](O)[C@H]1O. The summed E-state index contributed by atoms with van der Waals surface area (Å²) in [5.41, 5.74) is 0.910. The Kier molecular flexibility index (Phi) is 13.6. The van der Waals surface area contributed by atoms with Gasteiger partial charge in [0.1, 0.15) is 24.1 Å². The third-order valence-corrected chi connectivity index (χ3v) is 6.86. The minimum absolute atomic E-state index is 0.0458. The number of ether oxygens (including phenoxy) is 2. The van der Waals surface area contributed by atoms with Crippen LogP contribution in [0.25, 0.3) is 0 Å². The molecule has 0 spiro atoms. The second kappa shape index (κ2) is 16.1. The van der Waals surface area contributed by atoms with E-state index >= 15 is 0 Å². The number of nitrogens with zero attached hydrogens (tertiary/aromatic N) is 3. The van der Waals surface area contributed by atoms with E-state index in [0.29, 0.717) is 45.5 Å². The number of rotatable bonds is 7. The maximum absolute atomic E-state index is 13.7. The molecule has 9 nitrogen and oxygen atoms in total. The van der Waals surface area contributed by atoms with Gasteiger partial charge in [0.15, 0.2) is 0 Å². The molecule has 216 valence electrons. The molecule has 0 saturated carbocycles. The van der Waals surface area contributed by atoms with Crippen molar-refractivity contribution in [2.75, 3.05) is 53.6 Å². The number of aliphatic hydroxyl groups is 2. The number of hydrogen-bond donors (Lipinski definition) is 2. The van der Waals surface area contributed by atoms with Gasteiger partial charge < -0.3 is 29.5 Å². The quantitative estimate of drug-likeness (QED) is 0.546. The van der Waals surface area contributed by atoms with Gasteiger partial charge in [0.25, 0.3) is 0 Å². The zero-order valence-corrected chi connectivity index (χ0v) is 23.5. The zero-order chi connectivity index (χ0) is 28.2. The molecule has 0 aromatic heterocycles. The summed E-state index contributed by atoms with van der Waals surface area (Å²) in [5.74, 6) is -0.275. The summed E-state index contributed by atoms with van der Waals surface area (Å²) in [4.78, 5) is 31.7. The summed E-state index contributed by atoms with van der Waals surface area (Å²) in [5, 5.41) is 21.0. The van der Waals surface area contributed by atoms with Crippen molar-refractivity contribution in [2.24, 2.45) is 5.92 Å². The van der Waals surface area contributed by atoms with Crippen molar-refractivity contribution in [1.82, 2.24) is 14.7 Å². The number of aliphatic hydroxyl groups excluding tert-OH is 2. The van der Waals surface area contributed by atoms with Gasteiger partial charge in [-0.05, 0) is 49.9 Å². The zero-order valence-electron chi connectivity index (χ0n) is 23.5. The number of benzene rings is 1. The number of amides is 2. The molecule has 4 atom stereocenters. The van der Waals surface area contributed by atoms with Crippen LogP contribution in [-0.2, 0) is 25.6 Å². The molecule has 0 unspecified atom stereocenters. The lowest BCUT2D eigenvalue weighted by atomic mass is 10.00. The average molecular weight is 540 g/mol. The van der Waals surface area contributed by atoms with Gasteiger partial charge >= 0.3 is 0 Å². The predicted octanol–water partition coefficient (Wildman–Crippen LogP) is 1.90. The molecule has 1 aromatic rings. The lowest BCUT2D eigenvalue weighted by Gasteiger charge is -2.39. The first-order chi connectivity index (χ1) is 18.0. The average Bonchev–Trinajstić information content (AvgIpc) is 2.85. The first-order valence-corrected chi connectivity index (χ1v) is 13.5. The molecular weight excluding hydrogens is 493 g/mol. The van der Waals surface area contributed by atoms with E-state index in [1.54, 1.807) is 17.0 Å². The Morgan fingerprint density at radius 1 is 1.18 bits per heavy atom. The van der Waals surface area contributed by atoms with Gasteiger partial charge in [-0.1, -0.05) is 26.0 Å².